The van der Waals surface area contributed by atoms with E-state index in [1.165, 1.54) is 25.2 Å². The first-order chi connectivity index (χ1) is 10.2. The van der Waals surface area contributed by atoms with Crippen LogP contribution in [0.25, 0.3) is 0 Å². The maximum absolute atomic E-state index is 11.5. The standard InChI is InChI=1S/C13H13N3O5S.K/c1-8-7-11(17)16(2)13(18)12(8)15-14-9-3-5-10(6-4-9)22(19,20)21;/h3-7,18H,1-2H3,(H,19,20,21);/q;+1/p-1. The molecule has 1 aromatic heterocycles. The summed E-state index contributed by atoms with van der Waals surface area (Å²) in [7, 11) is -3.12. The fourth-order valence-electron chi connectivity index (χ4n) is 1.70. The second-order valence-corrected chi connectivity index (χ2v) is 5.92. The van der Waals surface area contributed by atoms with Crippen LogP contribution in [0.15, 0.2) is 50.3 Å². The number of aryl methyl sites for hydroxylation is 1. The smallest absolute Gasteiger partial charge is 0.744 e. The first kappa shape index (κ1) is 20.2. The van der Waals surface area contributed by atoms with Crippen molar-refractivity contribution in [1.82, 2.24) is 4.57 Å². The molecule has 8 nitrogen and oxygen atoms in total. The van der Waals surface area contributed by atoms with Crippen LogP contribution in [0.4, 0.5) is 11.4 Å². The van der Waals surface area contributed by atoms with E-state index in [2.05, 4.69) is 10.2 Å². The summed E-state index contributed by atoms with van der Waals surface area (Å²) < 4.78 is 33.4. The number of rotatable bonds is 3. The van der Waals surface area contributed by atoms with Gasteiger partial charge in [0.15, 0.2) is 0 Å². The summed E-state index contributed by atoms with van der Waals surface area (Å²) in [6.45, 7) is 1.60. The Balaban J connectivity index is 0.00000264. The van der Waals surface area contributed by atoms with Gasteiger partial charge in [0.1, 0.15) is 15.8 Å². The molecule has 0 fully saturated rings. The maximum atomic E-state index is 11.5. The van der Waals surface area contributed by atoms with Crippen molar-refractivity contribution in [3.63, 3.8) is 0 Å². The maximum Gasteiger partial charge on any atom is 1.00 e. The molecule has 1 N–H and O–H groups in total. The summed E-state index contributed by atoms with van der Waals surface area (Å²) in [6.07, 6.45) is 0. The molecule has 0 aliphatic rings. The van der Waals surface area contributed by atoms with E-state index in [4.69, 9.17) is 0 Å². The zero-order valence-electron chi connectivity index (χ0n) is 12.7. The minimum absolute atomic E-state index is 0. The van der Waals surface area contributed by atoms with Gasteiger partial charge in [-0.1, -0.05) is 0 Å². The van der Waals surface area contributed by atoms with Gasteiger partial charge < -0.3 is 9.66 Å². The molecule has 0 saturated carbocycles. The van der Waals surface area contributed by atoms with Gasteiger partial charge in [0, 0.05) is 13.1 Å². The van der Waals surface area contributed by atoms with E-state index in [0.717, 1.165) is 16.7 Å². The Morgan fingerprint density at radius 1 is 1.17 bits per heavy atom. The molecule has 1 aromatic carbocycles. The molecule has 23 heavy (non-hydrogen) atoms. The summed E-state index contributed by atoms with van der Waals surface area (Å²) in [4.78, 5) is 11.1. The van der Waals surface area contributed by atoms with Crippen molar-refractivity contribution in [1.29, 1.82) is 0 Å². The Hall–Kier alpha value is -0.884. The second kappa shape index (κ2) is 7.79. The minimum Gasteiger partial charge on any atom is -0.744 e. The van der Waals surface area contributed by atoms with Crippen molar-refractivity contribution in [2.45, 2.75) is 11.8 Å². The largest absolute Gasteiger partial charge is 1.00 e. The number of hydrogen-bond acceptors (Lipinski definition) is 7. The van der Waals surface area contributed by atoms with Crippen molar-refractivity contribution in [2.24, 2.45) is 17.3 Å². The molecule has 1 heterocycles. The van der Waals surface area contributed by atoms with Gasteiger partial charge >= 0.3 is 51.4 Å². The Morgan fingerprint density at radius 2 is 1.74 bits per heavy atom. The molecule has 0 unspecified atom stereocenters. The van der Waals surface area contributed by atoms with E-state index >= 15 is 0 Å². The predicted octanol–water partition coefficient (Wildman–Crippen LogP) is -1.28. The molecule has 2 aromatic rings. The fraction of sp³-hybridized carbons (Fsp3) is 0.154. The van der Waals surface area contributed by atoms with Crippen molar-refractivity contribution in [3.8, 4) is 5.88 Å². The van der Waals surface area contributed by atoms with Gasteiger partial charge in [-0.3, -0.25) is 9.36 Å². The molecular weight excluding hydrogens is 349 g/mol. The van der Waals surface area contributed by atoms with E-state index in [1.54, 1.807) is 6.92 Å². The van der Waals surface area contributed by atoms with E-state index < -0.39 is 10.1 Å². The molecule has 116 valence electrons. The van der Waals surface area contributed by atoms with Crippen LogP contribution >= 0.6 is 0 Å². The topological polar surface area (TPSA) is 124 Å². The predicted molar refractivity (Wildman–Crippen MR) is 76.7 cm³/mol. The van der Waals surface area contributed by atoms with Crippen LogP contribution in [-0.4, -0.2) is 22.6 Å². The molecule has 0 amide bonds. The first-order valence-corrected chi connectivity index (χ1v) is 7.48. The zero-order chi connectivity index (χ0) is 16.5. The summed E-state index contributed by atoms with van der Waals surface area (Å²) in [5, 5.41) is 17.6. The molecular formula is C13H12KN3O5S. The zero-order valence-corrected chi connectivity index (χ0v) is 16.7. The third-order valence-corrected chi connectivity index (χ3v) is 3.81. The third kappa shape index (κ3) is 4.79. The molecule has 0 spiro atoms. The number of aromatic nitrogens is 1. The SMILES string of the molecule is Cc1cc(=O)n(C)c(O)c1N=Nc1ccc(S(=O)(=O)[O-])cc1.[K+]. The van der Waals surface area contributed by atoms with E-state index in [0.29, 0.717) is 11.3 Å². The van der Waals surface area contributed by atoms with Crippen LogP contribution < -0.4 is 56.9 Å². The molecule has 0 aliphatic heterocycles. The van der Waals surface area contributed by atoms with Gasteiger partial charge in [-0.25, -0.2) is 8.42 Å². The third-order valence-electron chi connectivity index (χ3n) is 2.96. The molecule has 2 rings (SSSR count). The monoisotopic (exact) mass is 361 g/mol. The van der Waals surface area contributed by atoms with E-state index in [9.17, 15) is 22.9 Å². The van der Waals surface area contributed by atoms with Crippen LogP contribution in [0.3, 0.4) is 0 Å². The Bertz CT molecular complexity index is 904. The number of nitrogens with zero attached hydrogens (tertiary/aromatic N) is 3. The van der Waals surface area contributed by atoms with Crippen LogP contribution in [0.1, 0.15) is 5.56 Å². The molecule has 0 atom stereocenters. The van der Waals surface area contributed by atoms with E-state index in [-0.39, 0.29) is 73.4 Å². The normalized spacial score (nSPS) is 11.4. The molecule has 0 radical (unpaired) electrons. The van der Waals surface area contributed by atoms with Gasteiger partial charge in [0.05, 0.1) is 10.6 Å². The molecule has 10 heteroatoms. The van der Waals surface area contributed by atoms with Gasteiger partial charge in [-0.05, 0) is 36.8 Å². The Labute approximate surface area is 175 Å². The number of benzene rings is 1. The van der Waals surface area contributed by atoms with Gasteiger partial charge in [-0.15, -0.1) is 5.11 Å². The first-order valence-electron chi connectivity index (χ1n) is 6.07. The van der Waals surface area contributed by atoms with Crippen molar-refractivity contribution in [3.05, 3.63) is 46.2 Å². The fourth-order valence-corrected chi connectivity index (χ4v) is 2.17. The Morgan fingerprint density at radius 3 is 2.26 bits per heavy atom. The average molecular weight is 361 g/mol. The summed E-state index contributed by atoms with van der Waals surface area (Å²) in [6, 6.07) is 6.15. The number of pyridine rings is 1. The second-order valence-electron chi connectivity index (χ2n) is 4.54. The quantitative estimate of drug-likeness (QED) is 0.414. The van der Waals surface area contributed by atoms with Gasteiger partial charge in [-0.2, -0.15) is 5.11 Å². The summed E-state index contributed by atoms with van der Waals surface area (Å²) in [5.41, 5.74) is 0.490. The number of aromatic hydroxyl groups is 1. The minimum atomic E-state index is -4.51. The van der Waals surface area contributed by atoms with Crippen molar-refractivity contribution in [2.75, 3.05) is 0 Å². The van der Waals surface area contributed by atoms with Crippen LogP contribution in [0.2, 0.25) is 0 Å². The van der Waals surface area contributed by atoms with Crippen LogP contribution in [-0.2, 0) is 17.2 Å². The van der Waals surface area contributed by atoms with Gasteiger partial charge in [0.25, 0.3) is 5.56 Å². The molecule has 0 bridgehead atoms. The average Bonchev–Trinajstić information content (AvgIpc) is 2.44. The van der Waals surface area contributed by atoms with E-state index in [1.807, 2.05) is 0 Å². The number of azo groups is 1. The van der Waals surface area contributed by atoms with Crippen molar-refractivity contribution >= 4 is 21.5 Å². The van der Waals surface area contributed by atoms with Crippen LogP contribution in [0, 0.1) is 6.92 Å². The van der Waals surface area contributed by atoms with Crippen molar-refractivity contribution < 1.29 is 69.5 Å². The summed E-state index contributed by atoms with van der Waals surface area (Å²) >= 11 is 0. The Kier molecular flexibility index (Phi) is 6.83. The summed E-state index contributed by atoms with van der Waals surface area (Å²) in [5.74, 6) is -0.326. The number of hydrogen-bond donors (Lipinski definition) is 1. The van der Waals surface area contributed by atoms with Gasteiger partial charge in [0.2, 0.25) is 5.88 Å². The van der Waals surface area contributed by atoms with Crippen LogP contribution in [0.5, 0.6) is 5.88 Å². The molecule has 0 saturated heterocycles. The molecule has 0 aliphatic carbocycles.